The Morgan fingerprint density at radius 3 is 2.46 bits per heavy atom. The minimum absolute atomic E-state index is 0.0358. The summed E-state index contributed by atoms with van der Waals surface area (Å²) >= 11 is 0. The van der Waals surface area contributed by atoms with E-state index in [1.807, 2.05) is 0 Å². The molecule has 3 amide bonds. The molecule has 1 atom stereocenters. The number of urea groups is 1. The van der Waals surface area contributed by atoms with E-state index in [4.69, 9.17) is 0 Å². The molecule has 0 aliphatic carbocycles. The predicted molar refractivity (Wildman–Crippen MR) is 87.6 cm³/mol. The fraction of sp³-hybridized carbons (Fsp3) is 0.111. The second-order valence-electron chi connectivity index (χ2n) is 5.54. The SMILES string of the molecule is C=CCc1ccc(O)cc1C1(c2cccc(O)c2)NC(=O)NC1=O. The maximum atomic E-state index is 12.7. The number of phenolic OH excluding ortho intramolecular Hbond substituents is 2. The lowest BCUT2D eigenvalue weighted by atomic mass is 9.79. The fourth-order valence-corrected chi connectivity index (χ4v) is 2.99. The van der Waals surface area contributed by atoms with Crippen LogP contribution in [0.25, 0.3) is 0 Å². The Labute approximate surface area is 138 Å². The van der Waals surface area contributed by atoms with Gasteiger partial charge in [0.15, 0.2) is 5.54 Å². The van der Waals surface area contributed by atoms with E-state index in [0.717, 1.165) is 5.56 Å². The van der Waals surface area contributed by atoms with Crippen LogP contribution in [0.3, 0.4) is 0 Å². The largest absolute Gasteiger partial charge is 0.508 e. The van der Waals surface area contributed by atoms with Gasteiger partial charge >= 0.3 is 6.03 Å². The van der Waals surface area contributed by atoms with Gasteiger partial charge in [0.2, 0.25) is 0 Å². The van der Waals surface area contributed by atoms with Crippen LogP contribution in [0.2, 0.25) is 0 Å². The van der Waals surface area contributed by atoms with Gasteiger partial charge in [-0.1, -0.05) is 24.3 Å². The predicted octanol–water partition coefficient (Wildman–Crippen LogP) is 1.91. The number of hydrogen-bond donors (Lipinski definition) is 4. The summed E-state index contributed by atoms with van der Waals surface area (Å²) in [5.41, 5.74) is 0.00834. The molecular weight excluding hydrogens is 308 g/mol. The number of nitrogens with one attached hydrogen (secondary N) is 2. The Balaban J connectivity index is 2.32. The van der Waals surface area contributed by atoms with Crippen molar-refractivity contribution in [2.45, 2.75) is 12.0 Å². The van der Waals surface area contributed by atoms with Gasteiger partial charge in [0.25, 0.3) is 5.91 Å². The van der Waals surface area contributed by atoms with Crippen molar-refractivity contribution in [1.29, 1.82) is 0 Å². The number of rotatable bonds is 4. The summed E-state index contributed by atoms with van der Waals surface area (Å²) in [6, 6.07) is 10.1. The lowest BCUT2D eigenvalue weighted by molar-refractivity contribution is -0.122. The first-order valence-electron chi connectivity index (χ1n) is 7.33. The highest BCUT2D eigenvalue weighted by molar-refractivity contribution is 6.09. The minimum Gasteiger partial charge on any atom is -0.508 e. The van der Waals surface area contributed by atoms with Crippen LogP contribution in [0.1, 0.15) is 16.7 Å². The van der Waals surface area contributed by atoms with Crippen LogP contribution in [-0.4, -0.2) is 22.2 Å². The summed E-state index contributed by atoms with van der Waals surface area (Å²) in [5, 5.41) is 24.6. The molecular formula is C18H16N2O4. The second-order valence-corrected chi connectivity index (χ2v) is 5.54. The molecule has 1 fully saturated rings. The third-order valence-corrected chi connectivity index (χ3v) is 4.01. The highest BCUT2D eigenvalue weighted by Gasteiger charge is 2.50. The first-order chi connectivity index (χ1) is 11.5. The van der Waals surface area contributed by atoms with Gasteiger partial charge in [0, 0.05) is 0 Å². The van der Waals surface area contributed by atoms with Crippen molar-refractivity contribution in [2.75, 3.05) is 0 Å². The summed E-state index contributed by atoms with van der Waals surface area (Å²) < 4.78 is 0. The summed E-state index contributed by atoms with van der Waals surface area (Å²) in [4.78, 5) is 24.6. The Kier molecular flexibility index (Phi) is 3.73. The first-order valence-corrected chi connectivity index (χ1v) is 7.33. The monoisotopic (exact) mass is 324 g/mol. The molecule has 1 aliphatic rings. The molecule has 2 aromatic rings. The van der Waals surface area contributed by atoms with Crippen molar-refractivity contribution in [3.05, 3.63) is 71.8 Å². The zero-order valence-corrected chi connectivity index (χ0v) is 12.7. The number of phenols is 2. The molecule has 0 spiro atoms. The van der Waals surface area contributed by atoms with E-state index >= 15 is 0 Å². The van der Waals surface area contributed by atoms with Crippen LogP contribution in [0.5, 0.6) is 11.5 Å². The standard InChI is InChI=1S/C18H16N2O4/c1-2-4-11-7-8-14(22)10-15(11)18(16(23)19-17(24)20-18)12-5-3-6-13(21)9-12/h2-3,5-10,21-22H,1,4H2,(H2,19,20,23,24). The zero-order chi connectivity index (χ0) is 17.3. The van der Waals surface area contributed by atoms with Gasteiger partial charge in [-0.3, -0.25) is 10.1 Å². The van der Waals surface area contributed by atoms with Crippen molar-refractivity contribution >= 4 is 11.9 Å². The van der Waals surface area contributed by atoms with Crippen LogP contribution in [0.15, 0.2) is 55.1 Å². The molecule has 0 bridgehead atoms. The number of aromatic hydroxyl groups is 2. The van der Waals surface area contributed by atoms with Gasteiger partial charge in [-0.25, -0.2) is 4.79 Å². The van der Waals surface area contributed by atoms with Crippen molar-refractivity contribution in [3.8, 4) is 11.5 Å². The lowest BCUT2D eigenvalue weighted by Gasteiger charge is -2.29. The molecule has 6 nitrogen and oxygen atoms in total. The number of imide groups is 1. The molecule has 4 N–H and O–H groups in total. The first kappa shape index (κ1) is 15.6. The molecule has 1 aliphatic heterocycles. The van der Waals surface area contributed by atoms with Crippen LogP contribution in [0.4, 0.5) is 4.79 Å². The van der Waals surface area contributed by atoms with E-state index < -0.39 is 17.5 Å². The van der Waals surface area contributed by atoms with E-state index in [-0.39, 0.29) is 11.5 Å². The van der Waals surface area contributed by atoms with Crippen LogP contribution >= 0.6 is 0 Å². The van der Waals surface area contributed by atoms with Crippen molar-refractivity contribution in [2.24, 2.45) is 0 Å². The Morgan fingerprint density at radius 1 is 1.08 bits per heavy atom. The minimum atomic E-state index is -1.53. The van der Waals surface area contributed by atoms with Gasteiger partial charge < -0.3 is 15.5 Å². The molecule has 122 valence electrons. The molecule has 0 radical (unpaired) electrons. The third-order valence-electron chi connectivity index (χ3n) is 4.01. The van der Waals surface area contributed by atoms with Gasteiger partial charge in [-0.05, 0) is 47.4 Å². The average Bonchev–Trinajstić information content (AvgIpc) is 2.84. The molecule has 1 saturated heterocycles. The van der Waals surface area contributed by atoms with Crippen LogP contribution < -0.4 is 10.6 Å². The number of amides is 3. The number of allylic oxidation sites excluding steroid dienone is 1. The van der Waals surface area contributed by atoms with E-state index in [2.05, 4.69) is 17.2 Å². The molecule has 24 heavy (non-hydrogen) atoms. The molecule has 1 heterocycles. The van der Waals surface area contributed by atoms with E-state index in [9.17, 15) is 19.8 Å². The Morgan fingerprint density at radius 2 is 1.83 bits per heavy atom. The number of carbonyl (C=O) groups excluding carboxylic acids is 2. The second kappa shape index (κ2) is 5.73. The molecule has 2 aromatic carbocycles. The maximum absolute atomic E-state index is 12.7. The average molecular weight is 324 g/mol. The molecule has 0 aromatic heterocycles. The Hall–Kier alpha value is -3.28. The summed E-state index contributed by atoms with van der Waals surface area (Å²) in [6.07, 6.45) is 2.11. The topological polar surface area (TPSA) is 98.7 Å². The van der Waals surface area contributed by atoms with E-state index in [0.29, 0.717) is 17.5 Å². The highest BCUT2D eigenvalue weighted by atomic mass is 16.3. The highest BCUT2D eigenvalue weighted by Crippen LogP contribution is 2.37. The quantitative estimate of drug-likeness (QED) is 0.510. The van der Waals surface area contributed by atoms with Gasteiger partial charge in [0.1, 0.15) is 11.5 Å². The zero-order valence-electron chi connectivity index (χ0n) is 12.7. The fourth-order valence-electron chi connectivity index (χ4n) is 2.99. The molecule has 1 unspecified atom stereocenters. The maximum Gasteiger partial charge on any atom is 0.322 e. The lowest BCUT2D eigenvalue weighted by Crippen LogP contribution is -2.45. The molecule has 3 rings (SSSR count). The van der Waals surface area contributed by atoms with E-state index in [1.54, 1.807) is 24.3 Å². The van der Waals surface area contributed by atoms with E-state index in [1.165, 1.54) is 24.3 Å². The van der Waals surface area contributed by atoms with Crippen molar-refractivity contribution in [1.82, 2.24) is 10.6 Å². The van der Waals surface area contributed by atoms with Crippen molar-refractivity contribution in [3.63, 3.8) is 0 Å². The summed E-state index contributed by atoms with van der Waals surface area (Å²) in [7, 11) is 0. The van der Waals surface area contributed by atoms with Gasteiger partial charge in [-0.2, -0.15) is 0 Å². The Bertz CT molecular complexity index is 847. The van der Waals surface area contributed by atoms with Crippen molar-refractivity contribution < 1.29 is 19.8 Å². The normalized spacial score (nSPS) is 19.7. The smallest absolute Gasteiger partial charge is 0.322 e. The summed E-state index contributed by atoms with van der Waals surface area (Å²) in [6.45, 7) is 3.70. The third kappa shape index (κ3) is 2.38. The van der Waals surface area contributed by atoms with Gasteiger partial charge in [0.05, 0.1) is 0 Å². The molecule has 0 saturated carbocycles. The van der Waals surface area contributed by atoms with Crippen LogP contribution in [-0.2, 0) is 16.8 Å². The number of carbonyl (C=O) groups is 2. The van der Waals surface area contributed by atoms with Crippen LogP contribution in [0, 0.1) is 0 Å². The molecule has 6 heteroatoms. The summed E-state index contributed by atoms with van der Waals surface area (Å²) in [5.74, 6) is -0.647. The number of benzene rings is 2. The number of hydrogen-bond acceptors (Lipinski definition) is 4. The van der Waals surface area contributed by atoms with Gasteiger partial charge in [-0.15, -0.1) is 6.58 Å².